The third kappa shape index (κ3) is 4.59. The van der Waals surface area contributed by atoms with E-state index in [0.29, 0.717) is 12.2 Å². The summed E-state index contributed by atoms with van der Waals surface area (Å²) in [5, 5.41) is 9.52. The van der Waals surface area contributed by atoms with E-state index in [1.165, 1.54) is 0 Å². The SMILES string of the molecule is Cc1ccc(C[C@@H](Oc2ccccc2C(C)(C)C)C(=O)O)cc1. The van der Waals surface area contributed by atoms with E-state index in [1.54, 1.807) is 0 Å². The predicted octanol–water partition coefficient (Wildman–Crippen LogP) is 4.37. The number of carbonyl (C=O) groups is 1. The van der Waals surface area contributed by atoms with Gasteiger partial charge in [0, 0.05) is 6.42 Å². The van der Waals surface area contributed by atoms with E-state index in [0.717, 1.165) is 16.7 Å². The normalized spacial score (nSPS) is 12.7. The first kappa shape index (κ1) is 17.1. The molecule has 0 fully saturated rings. The van der Waals surface area contributed by atoms with Crippen molar-refractivity contribution in [1.29, 1.82) is 0 Å². The average Bonchev–Trinajstić information content (AvgIpc) is 2.48. The van der Waals surface area contributed by atoms with Crippen LogP contribution in [-0.4, -0.2) is 17.2 Å². The highest BCUT2D eigenvalue weighted by atomic mass is 16.5. The third-order valence-electron chi connectivity index (χ3n) is 3.78. The average molecular weight is 312 g/mol. The van der Waals surface area contributed by atoms with Gasteiger partial charge in [-0.15, -0.1) is 0 Å². The van der Waals surface area contributed by atoms with Gasteiger partial charge in [0.15, 0.2) is 6.10 Å². The summed E-state index contributed by atoms with van der Waals surface area (Å²) in [4.78, 5) is 11.6. The van der Waals surface area contributed by atoms with Gasteiger partial charge in [0.25, 0.3) is 0 Å². The van der Waals surface area contributed by atoms with Gasteiger partial charge in [-0.25, -0.2) is 4.79 Å². The predicted molar refractivity (Wildman–Crippen MR) is 92.1 cm³/mol. The Kier molecular flexibility index (Phi) is 5.09. The van der Waals surface area contributed by atoms with Crippen molar-refractivity contribution in [3.8, 4) is 5.75 Å². The minimum Gasteiger partial charge on any atom is -0.478 e. The molecule has 3 nitrogen and oxygen atoms in total. The molecule has 0 aliphatic heterocycles. The number of aliphatic carboxylic acids is 1. The number of rotatable bonds is 5. The summed E-state index contributed by atoms with van der Waals surface area (Å²) >= 11 is 0. The summed E-state index contributed by atoms with van der Waals surface area (Å²) in [5.74, 6) is -0.311. The van der Waals surface area contributed by atoms with E-state index in [9.17, 15) is 9.90 Å². The lowest BCUT2D eigenvalue weighted by atomic mass is 9.86. The van der Waals surface area contributed by atoms with E-state index in [1.807, 2.05) is 55.5 Å². The van der Waals surface area contributed by atoms with Gasteiger partial charge in [0.2, 0.25) is 0 Å². The first-order valence-corrected chi connectivity index (χ1v) is 7.82. The van der Waals surface area contributed by atoms with Gasteiger partial charge in [-0.3, -0.25) is 0 Å². The summed E-state index contributed by atoms with van der Waals surface area (Å²) in [5.41, 5.74) is 3.01. The molecule has 1 N–H and O–H groups in total. The molecule has 0 radical (unpaired) electrons. The zero-order valence-electron chi connectivity index (χ0n) is 14.2. The Hall–Kier alpha value is -2.29. The summed E-state index contributed by atoms with van der Waals surface area (Å²) in [6.45, 7) is 8.27. The zero-order valence-corrected chi connectivity index (χ0v) is 14.2. The largest absolute Gasteiger partial charge is 0.478 e. The smallest absolute Gasteiger partial charge is 0.345 e. The Morgan fingerprint density at radius 1 is 1.09 bits per heavy atom. The van der Waals surface area contributed by atoms with E-state index in [-0.39, 0.29) is 5.41 Å². The van der Waals surface area contributed by atoms with Crippen LogP contribution in [0.5, 0.6) is 5.75 Å². The highest BCUT2D eigenvalue weighted by molar-refractivity contribution is 5.73. The second kappa shape index (κ2) is 6.86. The van der Waals surface area contributed by atoms with E-state index in [2.05, 4.69) is 20.8 Å². The molecule has 0 aliphatic carbocycles. The number of para-hydroxylation sites is 1. The molecule has 0 saturated carbocycles. The van der Waals surface area contributed by atoms with Crippen LogP contribution in [0.4, 0.5) is 0 Å². The molecule has 2 aromatic carbocycles. The molecule has 23 heavy (non-hydrogen) atoms. The van der Waals surface area contributed by atoms with Crippen molar-refractivity contribution >= 4 is 5.97 Å². The van der Waals surface area contributed by atoms with E-state index < -0.39 is 12.1 Å². The van der Waals surface area contributed by atoms with Crippen molar-refractivity contribution in [3.05, 3.63) is 65.2 Å². The van der Waals surface area contributed by atoms with Crippen molar-refractivity contribution in [2.45, 2.75) is 45.6 Å². The minimum atomic E-state index is -0.950. The van der Waals surface area contributed by atoms with Crippen LogP contribution in [0.25, 0.3) is 0 Å². The molecule has 0 heterocycles. The van der Waals surface area contributed by atoms with Gasteiger partial charge in [-0.2, -0.15) is 0 Å². The van der Waals surface area contributed by atoms with Crippen molar-refractivity contribution in [1.82, 2.24) is 0 Å². The fourth-order valence-corrected chi connectivity index (χ4v) is 2.46. The molecular weight excluding hydrogens is 288 g/mol. The maximum atomic E-state index is 11.6. The van der Waals surface area contributed by atoms with Gasteiger partial charge in [-0.05, 0) is 29.5 Å². The summed E-state index contributed by atoms with van der Waals surface area (Å²) in [6.07, 6.45) is -0.560. The fraction of sp³-hybridized carbons (Fsp3) is 0.350. The Morgan fingerprint density at radius 2 is 1.70 bits per heavy atom. The van der Waals surface area contributed by atoms with Crippen molar-refractivity contribution in [2.75, 3.05) is 0 Å². The number of hydrogen-bond acceptors (Lipinski definition) is 2. The maximum absolute atomic E-state index is 11.6. The van der Waals surface area contributed by atoms with Crippen LogP contribution >= 0.6 is 0 Å². The molecule has 3 heteroatoms. The molecule has 122 valence electrons. The first-order valence-electron chi connectivity index (χ1n) is 7.82. The number of hydrogen-bond donors (Lipinski definition) is 1. The molecule has 0 saturated heterocycles. The molecule has 0 spiro atoms. The second-order valence-electron chi connectivity index (χ2n) is 6.88. The van der Waals surface area contributed by atoms with Gasteiger partial charge in [0.1, 0.15) is 5.75 Å². The van der Waals surface area contributed by atoms with Crippen LogP contribution in [-0.2, 0) is 16.6 Å². The van der Waals surface area contributed by atoms with Crippen molar-refractivity contribution in [2.24, 2.45) is 0 Å². The standard InChI is InChI=1S/C20H24O3/c1-14-9-11-15(12-10-14)13-18(19(21)22)23-17-8-6-5-7-16(17)20(2,3)4/h5-12,18H,13H2,1-4H3,(H,21,22)/t18-/m1/s1. The van der Waals surface area contributed by atoms with E-state index >= 15 is 0 Å². The monoisotopic (exact) mass is 312 g/mol. The fourth-order valence-electron chi connectivity index (χ4n) is 2.46. The van der Waals surface area contributed by atoms with Crippen LogP contribution in [0.1, 0.15) is 37.5 Å². The number of benzene rings is 2. The first-order chi connectivity index (χ1) is 10.8. The lowest BCUT2D eigenvalue weighted by Crippen LogP contribution is -2.30. The summed E-state index contributed by atoms with van der Waals surface area (Å²) in [6, 6.07) is 15.5. The molecule has 1 atom stereocenters. The van der Waals surface area contributed by atoms with Crippen LogP contribution in [0.2, 0.25) is 0 Å². The molecular formula is C20H24O3. The van der Waals surface area contributed by atoms with Crippen molar-refractivity contribution in [3.63, 3.8) is 0 Å². The molecule has 2 rings (SSSR count). The number of carboxylic acids is 1. The molecule has 0 bridgehead atoms. The van der Waals surface area contributed by atoms with Crippen LogP contribution in [0.3, 0.4) is 0 Å². The minimum absolute atomic E-state index is 0.108. The molecule has 0 amide bonds. The summed E-state index contributed by atoms with van der Waals surface area (Å²) in [7, 11) is 0. The number of carboxylic acid groups (broad SMARTS) is 1. The lowest BCUT2D eigenvalue weighted by molar-refractivity contribution is -0.145. The van der Waals surface area contributed by atoms with Crippen LogP contribution in [0.15, 0.2) is 48.5 Å². The van der Waals surface area contributed by atoms with Crippen LogP contribution in [0, 0.1) is 6.92 Å². The third-order valence-corrected chi connectivity index (χ3v) is 3.78. The highest BCUT2D eigenvalue weighted by Gasteiger charge is 2.24. The van der Waals surface area contributed by atoms with Gasteiger partial charge in [-0.1, -0.05) is 68.8 Å². The Morgan fingerprint density at radius 3 is 2.26 bits per heavy atom. The Balaban J connectivity index is 2.24. The van der Waals surface area contributed by atoms with Gasteiger partial charge >= 0.3 is 5.97 Å². The molecule has 2 aromatic rings. The second-order valence-corrected chi connectivity index (χ2v) is 6.88. The zero-order chi connectivity index (χ0) is 17.0. The number of aryl methyl sites for hydroxylation is 1. The Labute approximate surface area is 137 Å². The molecule has 0 aliphatic rings. The van der Waals surface area contributed by atoms with Crippen molar-refractivity contribution < 1.29 is 14.6 Å². The highest BCUT2D eigenvalue weighted by Crippen LogP contribution is 2.31. The quantitative estimate of drug-likeness (QED) is 0.892. The molecule has 0 unspecified atom stereocenters. The Bertz CT molecular complexity index is 666. The van der Waals surface area contributed by atoms with Gasteiger partial charge in [0.05, 0.1) is 0 Å². The van der Waals surface area contributed by atoms with Gasteiger partial charge < -0.3 is 9.84 Å². The summed E-state index contributed by atoms with van der Waals surface area (Å²) < 4.78 is 5.87. The topological polar surface area (TPSA) is 46.5 Å². The van der Waals surface area contributed by atoms with Crippen LogP contribution < -0.4 is 4.74 Å². The number of ether oxygens (including phenoxy) is 1. The van der Waals surface area contributed by atoms with E-state index in [4.69, 9.17) is 4.74 Å². The maximum Gasteiger partial charge on any atom is 0.345 e. The molecule has 0 aromatic heterocycles. The lowest BCUT2D eigenvalue weighted by Gasteiger charge is -2.24.